The summed E-state index contributed by atoms with van der Waals surface area (Å²) >= 11 is 0. The molecular weight excluding hydrogens is 250 g/mol. The van der Waals surface area contributed by atoms with Crippen molar-refractivity contribution in [3.05, 3.63) is 17.5 Å². The highest BCUT2D eigenvalue weighted by molar-refractivity contribution is 5.14. The Morgan fingerprint density at radius 3 is 2.95 bits per heavy atom. The van der Waals surface area contributed by atoms with Gasteiger partial charge in [-0.2, -0.15) is 5.10 Å². The smallest absolute Gasteiger partial charge is 0.0625 e. The monoisotopic (exact) mass is 279 g/mol. The van der Waals surface area contributed by atoms with Crippen molar-refractivity contribution < 1.29 is 4.74 Å². The summed E-state index contributed by atoms with van der Waals surface area (Å²) in [6.45, 7) is 6.38. The van der Waals surface area contributed by atoms with Crippen molar-refractivity contribution in [3.63, 3.8) is 0 Å². The van der Waals surface area contributed by atoms with Gasteiger partial charge in [-0.3, -0.25) is 4.68 Å². The second-order valence-corrected chi connectivity index (χ2v) is 5.76. The van der Waals surface area contributed by atoms with Crippen LogP contribution in [0.1, 0.15) is 63.4 Å². The van der Waals surface area contributed by atoms with Gasteiger partial charge < -0.3 is 10.1 Å². The average Bonchev–Trinajstić information content (AvgIpc) is 3.09. The number of nitrogens with zero attached hydrogens (tertiary/aromatic N) is 2. The molecule has 1 fully saturated rings. The van der Waals surface area contributed by atoms with E-state index in [2.05, 4.69) is 37.4 Å². The van der Waals surface area contributed by atoms with Crippen LogP contribution in [0.15, 0.2) is 6.07 Å². The van der Waals surface area contributed by atoms with Crippen LogP contribution >= 0.6 is 0 Å². The molecule has 1 aliphatic rings. The first kappa shape index (κ1) is 15.5. The number of aryl methyl sites for hydroxylation is 2. The standard InChI is InChI=1S/C16H29N3O/c1-4-10-17-15(9-8-14-7-6-11-20-14)16-12-13(5-2)18-19(16)3/h12,14-15,17H,4-11H2,1-3H3. The lowest BCUT2D eigenvalue weighted by atomic mass is 10.0. The van der Waals surface area contributed by atoms with Gasteiger partial charge in [0, 0.05) is 19.7 Å². The van der Waals surface area contributed by atoms with Crippen LogP contribution in [-0.2, 0) is 18.2 Å². The maximum Gasteiger partial charge on any atom is 0.0625 e. The van der Waals surface area contributed by atoms with Crippen LogP contribution in [0.4, 0.5) is 0 Å². The number of nitrogens with one attached hydrogen (secondary N) is 1. The van der Waals surface area contributed by atoms with Gasteiger partial charge in [0.2, 0.25) is 0 Å². The van der Waals surface area contributed by atoms with E-state index < -0.39 is 0 Å². The molecule has 20 heavy (non-hydrogen) atoms. The van der Waals surface area contributed by atoms with Gasteiger partial charge in [-0.1, -0.05) is 13.8 Å². The summed E-state index contributed by atoms with van der Waals surface area (Å²) in [5, 5.41) is 8.25. The molecule has 2 atom stereocenters. The molecule has 4 nitrogen and oxygen atoms in total. The van der Waals surface area contributed by atoms with Crippen LogP contribution in [-0.4, -0.2) is 29.0 Å². The Balaban J connectivity index is 1.98. The Kier molecular flexibility index (Phi) is 6.05. The lowest BCUT2D eigenvalue weighted by Crippen LogP contribution is -2.25. The summed E-state index contributed by atoms with van der Waals surface area (Å²) in [7, 11) is 2.06. The minimum absolute atomic E-state index is 0.400. The van der Waals surface area contributed by atoms with Gasteiger partial charge in [-0.15, -0.1) is 0 Å². The van der Waals surface area contributed by atoms with E-state index in [1.54, 1.807) is 0 Å². The van der Waals surface area contributed by atoms with E-state index in [9.17, 15) is 0 Å². The average molecular weight is 279 g/mol. The molecule has 4 heteroatoms. The summed E-state index contributed by atoms with van der Waals surface area (Å²) in [5.41, 5.74) is 2.50. The number of ether oxygens (including phenoxy) is 1. The maximum absolute atomic E-state index is 5.75. The molecule has 0 bridgehead atoms. The highest BCUT2D eigenvalue weighted by Crippen LogP contribution is 2.24. The van der Waals surface area contributed by atoms with E-state index in [0.29, 0.717) is 12.1 Å². The molecule has 2 unspecified atom stereocenters. The van der Waals surface area contributed by atoms with Gasteiger partial charge in [-0.05, 0) is 51.1 Å². The zero-order valence-corrected chi connectivity index (χ0v) is 13.2. The Morgan fingerprint density at radius 1 is 1.50 bits per heavy atom. The maximum atomic E-state index is 5.75. The minimum atomic E-state index is 0.400. The third kappa shape index (κ3) is 4.06. The molecule has 114 valence electrons. The van der Waals surface area contributed by atoms with Gasteiger partial charge in [0.15, 0.2) is 0 Å². The molecule has 0 aliphatic carbocycles. The first-order valence-electron chi connectivity index (χ1n) is 8.12. The Morgan fingerprint density at radius 2 is 2.35 bits per heavy atom. The van der Waals surface area contributed by atoms with E-state index in [4.69, 9.17) is 4.74 Å². The third-order valence-electron chi connectivity index (χ3n) is 4.13. The zero-order valence-electron chi connectivity index (χ0n) is 13.2. The number of aromatic nitrogens is 2. The zero-order chi connectivity index (χ0) is 14.4. The molecule has 1 aromatic rings. The number of hydrogen-bond acceptors (Lipinski definition) is 3. The summed E-state index contributed by atoms with van der Waals surface area (Å²) in [4.78, 5) is 0. The molecule has 1 N–H and O–H groups in total. The first-order valence-corrected chi connectivity index (χ1v) is 8.12. The molecule has 0 spiro atoms. The fraction of sp³-hybridized carbons (Fsp3) is 0.812. The third-order valence-corrected chi connectivity index (χ3v) is 4.13. The predicted octanol–water partition coefficient (Wildman–Crippen LogP) is 2.98. The summed E-state index contributed by atoms with van der Waals surface area (Å²) in [6, 6.07) is 2.65. The lowest BCUT2D eigenvalue weighted by Gasteiger charge is -2.20. The molecule has 0 saturated carbocycles. The molecule has 1 saturated heterocycles. The van der Waals surface area contributed by atoms with Gasteiger partial charge >= 0.3 is 0 Å². The van der Waals surface area contributed by atoms with Gasteiger partial charge in [0.05, 0.1) is 17.5 Å². The van der Waals surface area contributed by atoms with Crippen molar-refractivity contribution in [2.75, 3.05) is 13.2 Å². The molecule has 2 rings (SSSR count). The molecular formula is C16H29N3O. The fourth-order valence-corrected chi connectivity index (χ4v) is 2.94. The lowest BCUT2D eigenvalue weighted by molar-refractivity contribution is 0.0993. The largest absolute Gasteiger partial charge is 0.378 e. The topological polar surface area (TPSA) is 39.1 Å². The quantitative estimate of drug-likeness (QED) is 0.795. The van der Waals surface area contributed by atoms with E-state index in [1.807, 2.05) is 4.68 Å². The molecule has 0 amide bonds. The SMILES string of the molecule is CCCNC(CCC1CCCO1)c1cc(CC)nn1C. The van der Waals surface area contributed by atoms with Crippen molar-refractivity contribution >= 4 is 0 Å². The van der Waals surface area contributed by atoms with E-state index in [1.165, 1.54) is 24.2 Å². The van der Waals surface area contributed by atoms with E-state index in [0.717, 1.165) is 38.8 Å². The van der Waals surface area contributed by atoms with Gasteiger partial charge in [0.1, 0.15) is 0 Å². The highest BCUT2D eigenvalue weighted by atomic mass is 16.5. The van der Waals surface area contributed by atoms with Crippen LogP contribution < -0.4 is 5.32 Å². The summed E-state index contributed by atoms with van der Waals surface area (Å²) < 4.78 is 7.79. The minimum Gasteiger partial charge on any atom is -0.378 e. The Hall–Kier alpha value is -0.870. The number of rotatable bonds is 8. The van der Waals surface area contributed by atoms with Crippen LogP contribution in [0, 0.1) is 0 Å². The van der Waals surface area contributed by atoms with Crippen LogP contribution in [0.25, 0.3) is 0 Å². The second-order valence-electron chi connectivity index (χ2n) is 5.76. The first-order chi connectivity index (χ1) is 9.74. The second kappa shape index (κ2) is 7.79. The van der Waals surface area contributed by atoms with Crippen molar-refractivity contribution in [2.24, 2.45) is 7.05 Å². The van der Waals surface area contributed by atoms with E-state index in [-0.39, 0.29) is 0 Å². The highest BCUT2D eigenvalue weighted by Gasteiger charge is 2.20. The van der Waals surface area contributed by atoms with Gasteiger partial charge in [0.25, 0.3) is 0 Å². The molecule has 0 aromatic carbocycles. The predicted molar refractivity (Wildman–Crippen MR) is 81.8 cm³/mol. The molecule has 1 aromatic heterocycles. The Labute approximate surface area is 122 Å². The van der Waals surface area contributed by atoms with Crippen molar-refractivity contribution in [1.82, 2.24) is 15.1 Å². The van der Waals surface area contributed by atoms with E-state index >= 15 is 0 Å². The Bertz CT molecular complexity index is 396. The number of hydrogen-bond donors (Lipinski definition) is 1. The summed E-state index contributed by atoms with van der Waals surface area (Å²) in [5.74, 6) is 0. The van der Waals surface area contributed by atoms with Crippen LogP contribution in [0.5, 0.6) is 0 Å². The summed E-state index contributed by atoms with van der Waals surface area (Å²) in [6.07, 6.45) is 7.37. The van der Waals surface area contributed by atoms with Gasteiger partial charge in [-0.25, -0.2) is 0 Å². The molecule has 2 heterocycles. The fourth-order valence-electron chi connectivity index (χ4n) is 2.94. The molecule has 1 aliphatic heterocycles. The van der Waals surface area contributed by atoms with Crippen molar-refractivity contribution in [3.8, 4) is 0 Å². The normalized spacial score (nSPS) is 20.4. The van der Waals surface area contributed by atoms with Crippen molar-refractivity contribution in [2.45, 2.75) is 64.5 Å². The van der Waals surface area contributed by atoms with Crippen LogP contribution in [0.2, 0.25) is 0 Å². The van der Waals surface area contributed by atoms with Crippen LogP contribution in [0.3, 0.4) is 0 Å². The van der Waals surface area contributed by atoms with Crippen molar-refractivity contribution in [1.29, 1.82) is 0 Å². The molecule has 0 radical (unpaired) electrons.